The SMILES string of the molecule is CC(C)(C)C=CCCC=CCCCC=O. The lowest BCUT2D eigenvalue weighted by molar-refractivity contribution is -0.107. The molecule has 0 aliphatic heterocycles. The zero-order chi connectivity index (χ0) is 11.6. The van der Waals surface area contributed by atoms with Crippen LogP contribution >= 0.6 is 0 Å². The van der Waals surface area contributed by atoms with Crippen LogP contribution in [0.2, 0.25) is 0 Å². The Morgan fingerprint density at radius 1 is 0.867 bits per heavy atom. The van der Waals surface area contributed by atoms with Crippen molar-refractivity contribution >= 4 is 6.29 Å². The summed E-state index contributed by atoms with van der Waals surface area (Å²) >= 11 is 0. The van der Waals surface area contributed by atoms with Crippen LogP contribution in [0.3, 0.4) is 0 Å². The summed E-state index contributed by atoms with van der Waals surface area (Å²) in [6.07, 6.45) is 14.8. The maximum atomic E-state index is 10.0. The molecule has 0 unspecified atom stereocenters. The fraction of sp³-hybridized carbons (Fsp3) is 0.643. The number of carbonyl (C=O) groups excluding carboxylic acids is 1. The molecule has 1 heteroatoms. The van der Waals surface area contributed by atoms with E-state index in [2.05, 4.69) is 45.1 Å². The maximum Gasteiger partial charge on any atom is 0.120 e. The second-order valence-electron chi connectivity index (χ2n) is 4.91. The van der Waals surface area contributed by atoms with Crippen molar-refractivity contribution in [1.29, 1.82) is 0 Å². The minimum absolute atomic E-state index is 0.299. The molecule has 15 heavy (non-hydrogen) atoms. The van der Waals surface area contributed by atoms with Crippen LogP contribution < -0.4 is 0 Å². The molecule has 0 fully saturated rings. The van der Waals surface area contributed by atoms with Gasteiger partial charge < -0.3 is 4.79 Å². The molecule has 0 aromatic carbocycles. The number of aldehydes is 1. The van der Waals surface area contributed by atoms with Gasteiger partial charge in [-0.25, -0.2) is 0 Å². The Hall–Kier alpha value is -0.850. The summed E-state index contributed by atoms with van der Waals surface area (Å²) in [6, 6.07) is 0. The molecule has 0 bridgehead atoms. The number of carbonyl (C=O) groups is 1. The van der Waals surface area contributed by atoms with Crippen molar-refractivity contribution in [2.24, 2.45) is 5.41 Å². The van der Waals surface area contributed by atoms with Gasteiger partial charge in [0.15, 0.2) is 0 Å². The van der Waals surface area contributed by atoms with Gasteiger partial charge in [0.1, 0.15) is 6.29 Å². The predicted molar refractivity (Wildman–Crippen MR) is 66.9 cm³/mol. The summed E-state index contributed by atoms with van der Waals surface area (Å²) in [6.45, 7) is 6.62. The first kappa shape index (κ1) is 14.2. The largest absolute Gasteiger partial charge is 0.303 e. The molecule has 86 valence electrons. The second-order valence-corrected chi connectivity index (χ2v) is 4.91. The lowest BCUT2D eigenvalue weighted by Crippen LogP contribution is -1.97. The summed E-state index contributed by atoms with van der Waals surface area (Å²) in [5.41, 5.74) is 0.299. The van der Waals surface area contributed by atoms with E-state index in [1.165, 1.54) is 0 Å². The van der Waals surface area contributed by atoms with Gasteiger partial charge in [-0.2, -0.15) is 0 Å². The number of allylic oxidation sites excluding steroid dienone is 4. The summed E-state index contributed by atoms with van der Waals surface area (Å²) < 4.78 is 0. The molecule has 0 N–H and O–H groups in total. The van der Waals surface area contributed by atoms with Crippen LogP contribution in [0.4, 0.5) is 0 Å². The van der Waals surface area contributed by atoms with E-state index in [0.717, 1.165) is 32.0 Å². The van der Waals surface area contributed by atoms with E-state index in [0.29, 0.717) is 11.8 Å². The highest BCUT2D eigenvalue weighted by atomic mass is 16.1. The predicted octanol–water partition coefficient (Wildman–Crippen LogP) is 4.29. The zero-order valence-corrected chi connectivity index (χ0v) is 10.3. The van der Waals surface area contributed by atoms with Crippen LogP contribution in [0.15, 0.2) is 24.3 Å². The van der Waals surface area contributed by atoms with E-state index >= 15 is 0 Å². The molecule has 0 aromatic heterocycles. The molecule has 0 atom stereocenters. The van der Waals surface area contributed by atoms with Crippen molar-refractivity contribution in [3.63, 3.8) is 0 Å². The Kier molecular flexibility index (Phi) is 7.98. The first-order valence-corrected chi connectivity index (χ1v) is 5.82. The summed E-state index contributed by atoms with van der Waals surface area (Å²) in [4.78, 5) is 10.0. The van der Waals surface area contributed by atoms with Gasteiger partial charge in [-0.15, -0.1) is 0 Å². The minimum Gasteiger partial charge on any atom is -0.303 e. The summed E-state index contributed by atoms with van der Waals surface area (Å²) in [7, 11) is 0. The van der Waals surface area contributed by atoms with E-state index in [4.69, 9.17) is 0 Å². The van der Waals surface area contributed by atoms with Crippen LogP contribution in [0.5, 0.6) is 0 Å². The van der Waals surface area contributed by atoms with Gasteiger partial charge >= 0.3 is 0 Å². The van der Waals surface area contributed by atoms with Gasteiger partial charge in [-0.05, 0) is 31.1 Å². The first-order valence-electron chi connectivity index (χ1n) is 5.82. The third-order valence-electron chi connectivity index (χ3n) is 1.98. The van der Waals surface area contributed by atoms with Gasteiger partial charge in [0, 0.05) is 6.42 Å². The van der Waals surface area contributed by atoms with Crippen LogP contribution in [0, 0.1) is 5.41 Å². The average molecular weight is 208 g/mol. The average Bonchev–Trinajstić information content (AvgIpc) is 2.14. The first-order chi connectivity index (χ1) is 7.06. The molecule has 0 aliphatic carbocycles. The second kappa shape index (κ2) is 8.46. The molecule has 0 aromatic rings. The minimum atomic E-state index is 0.299. The van der Waals surface area contributed by atoms with Crippen LogP contribution in [-0.4, -0.2) is 6.29 Å². The fourth-order valence-corrected chi connectivity index (χ4v) is 1.18. The third-order valence-corrected chi connectivity index (χ3v) is 1.98. The van der Waals surface area contributed by atoms with Crippen LogP contribution in [0.25, 0.3) is 0 Å². The summed E-state index contributed by atoms with van der Waals surface area (Å²) in [5, 5.41) is 0. The van der Waals surface area contributed by atoms with Gasteiger partial charge in [-0.1, -0.05) is 45.1 Å². The number of hydrogen-bond acceptors (Lipinski definition) is 1. The van der Waals surface area contributed by atoms with Crippen molar-refractivity contribution < 1.29 is 4.79 Å². The Morgan fingerprint density at radius 3 is 2.07 bits per heavy atom. The molecule has 0 saturated carbocycles. The molecule has 0 radical (unpaired) electrons. The van der Waals surface area contributed by atoms with Gasteiger partial charge in [0.05, 0.1) is 0 Å². The molecular formula is C14H24O. The van der Waals surface area contributed by atoms with Crippen LogP contribution in [0.1, 0.15) is 52.9 Å². The molecule has 0 saturated heterocycles. The molecule has 0 amide bonds. The third kappa shape index (κ3) is 13.2. The molecule has 0 rings (SSSR count). The highest BCUT2D eigenvalue weighted by Gasteiger charge is 2.01. The highest BCUT2D eigenvalue weighted by Crippen LogP contribution is 2.15. The van der Waals surface area contributed by atoms with E-state index in [1.54, 1.807) is 0 Å². The quantitative estimate of drug-likeness (QED) is 0.346. The Balaban J connectivity index is 3.38. The lowest BCUT2D eigenvalue weighted by atomic mass is 9.96. The summed E-state index contributed by atoms with van der Waals surface area (Å²) in [5.74, 6) is 0. The Morgan fingerprint density at radius 2 is 1.47 bits per heavy atom. The molecular weight excluding hydrogens is 184 g/mol. The highest BCUT2D eigenvalue weighted by molar-refractivity contribution is 5.48. The monoisotopic (exact) mass is 208 g/mol. The Bertz CT molecular complexity index is 206. The van der Waals surface area contributed by atoms with Crippen LogP contribution in [-0.2, 0) is 4.79 Å². The van der Waals surface area contributed by atoms with Gasteiger partial charge in [0.25, 0.3) is 0 Å². The molecule has 0 heterocycles. The van der Waals surface area contributed by atoms with E-state index in [1.807, 2.05) is 0 Å². The zero-order valence-electron chi connectivity index (χ0n) is 10.3. The smallest absolute Gasteiger partial charge is 0.120 e. The van der Waals surface area contributed by atoms with Crippen molar-refractivity contribution in [2.75, 3.05) is 0 Å². The van der Waals surface area contributed by atoms with E-state index < -0.39 is 0 Å². The number of rotatable bonds is 7. The number of hydrogen-bond donors (Lipinski definition) is 0. The van der Waals surface area contributed by atoms with Crippen molar-refractivity contribution in [3.05, 3.63) is 24.3 Å². The van der Waals surface area contributed by atoms with E-state index in [-0.39, 0.29) is 0 Å². The molecule has 0 aliphatic rings. The molecule has 1 nitrogen and oxygen atoms in total. The van der Waals surface area contributed by atoms with Gasteiger partial charge in [0.2, 0.25) is 0 Å². The van der Waals surface area contributed by atoms with Crippen molar-refractivity contribution in [2.45, 2.75) is 52.9 Å². The molecule has 0 spiro atoms. The number of unbranched alkanes of at least 4 members (excludes halogenated alkanes) is 3. The van der Waals surface area contributed by atoms with Crippen molar-refractivity contribution in [3.8, 4) is 0 Å². The fourth-order valence-electron chi connectivity index (χ4n) is 1.18. The topological polar surface area (TPSA) is 17.1 Å². The standard InChI is InChI=1S/C14H24O/c1-14(2,3)12-10-8-6-4-5-7-9-11-13-15/h4-5,10,12-13H,6-9,11H2,1-3H3. The lowest BCUT2D eigenvalue weighted by Gasteiger charge is -2.10. The Labute approximate surface area is 94.3 Å². The maximum absolute atomic E-state index is 10.0. The normalized spacial score (nSPS) is 12.7. The van der Waals surface area contributed by atoms with Crippen molar-refractivity contribution in [1.82, 2.24) is 0 Å². The van der Waals surface area contributed by atoms with E-state index in [9.17, 15) is 4.79 Å². The van der Waals surface area contributed by atoms with Gasteiger partial charge in [-0.3, -0.25) is 0 Å².